The number of methoxy groups -OCH3 is 1. The molecule has 0 bridgehead atoms. The van der Waals surface area contributed by atoms with Gasteiger partial charge in [0.15, 0.2) is 5.96 Å². The molecule has 1 unspecified atom stereocenters. The van der Waals surface area contributed by atoms with Crippen LogP contribution >= 0.6 is 24.0 Å². The van der Waals surface area contributed by atoms with Gasteiger partial charge in [-0.25, -0.2) is 9.98 Å². The van der Waals surface area contributed by atoms with Gasteiger partial charge in [-0.15, -0.1) is 24.0 Å². The summed E-state index contributed by atoms with van der Waals surface area (Å²) in [5.41, 5.74) is 3.04. The molecule has 6 nitrogen and oxygen atoms in total. The van der Waals surface area contributed by atoms with Crippen LogP contribution in [0.25, 0.3) is 0 Å². The first-order valence-electron chi connectivity index (χ1n) is 9.64. The largest absolute Gasteiger partial charge is 0.481 e. The average molecular weight is 512 g/mol. The van der Waals surface area contributed by atoms with Crippen molar-refractivity contribution >= 4 is 29.9 Å². The minimum atomic E-state index is -0.618. The number of guanidine groups is 1. The highest BCUT2D eigenvalue weighted by atomic mass is 127. The Bertz CT molecular complexity index is 773. The number of hydrogen-bond acceptors (Lipinski definition) is 4. The van der Waals surface area contributed by atoms with Crippen LogP contribution < -0.4 is 15.4 Å². The Labute approximate surface area is 191 Å². The van der Waals surface area contributed by atoms with Crippen LogP contribution in [0.5, 0.6) is 5.88 Å². The topological polar surface area (TPSA) is 78.8 Å². The van der Waals surface area contributed by atoms with Crippen LogP contribution in [0, 0.1) is 0 Å². The summed E-state index contributed by atoms with van der Waals surface area (Å²) in [6, 6.07) is 13.7. The van der Waals surface area contributed by atoms with Crippen LogP contribution in [0.2, 0.25) is 0 Å². The Morgan fingerprint density at radius 3 is 2.41 bits per heavy atom. The quantitative estimate of drug-likeness (QED) is 0.299. The Morgan fingerprint density at radius 1 is 1.14 bits per heavy atom. The van der Waals surface area contributed by atoms with Gasteiger partial charge in [0.2, 0.25) is 5.88 Å². The van der Waals surface area contributed by atoms with Gasteiger partial charge < -0.3 is 20.5 Å². The fourth-order valence-corrected chi connectivity index (χ4v) is 2.68. The van der Waals surface area contributed by atoms with Gasteiger partial charge in [-0.05, 0) is 29.5 Å². The zero-order valence-corrected chi connectivity index (χ0v) is 20.2. The van der Waals surface area contributed by atoms with Crippen molar-refractivity contribution in [3.8, 4) is 5.88 Å². The van der Waals surface area contributed by atoms with Crippen LogP contribution in [0.1, 0.15) is 50.6 Å². The summed E-state index contributed by atoms with van der Waals surface area (Å²) in [7, 11) is 1.59. The number of pyridine rings is 1. The van der Waals surface area contributed by atoms with E-state index >= 15 is 0 Å². The number of hydrogen-bond donors (Lipinski definition) is 3. The van der Waals surface area contributed by atoms with E-state index in [2.05, 4.69) is 53.5 Å². The molecule has 0 spiro atoms. The smallest absolute Gasteiger partial charge is 0.213 e. The van der Waals surface area contributed by atoms with Crippen molar-refractivity contribution in [3.63, 3.8) is 0 Å². The molecule has 2 aromatic rings. The molecule has 0 radical (unpaired) electrons. The zero-order chi connectivity index (χ0) is 20.6. The Kier molecular flexibility index (Phi) is 10.4. The van der Waals surface area contributed by atoms with Gasteiger partial charge >= 0.3 is 0 Å². The first-order valence-corrected chi connectivity index (χ1v) is 9.64. The van der Waals surface area contributed by atoms with Crippen LogP contribution in [0.3, 0.4) is 0 Å². The molecule has 160 valence electrons. The molecule has 1 heterocycles. The fraction of sp³-hybridized carbons (Fsp3) is 0.455. The van der Waals surface area contributed by atoms with E-state index in [1.807, 2.05) is 31.2 Å². The summed E-state index contributed by atoms with van der Waals surface area (Å²) in [5, 5.41) is 16.9. The van der Waals surface area contributed by atoms with E-state index in [-0.39, 0.29) is 29.4 Å². The minimum absolute atomic E-state index is 0. The lowest BCUT2D eigenvalue weighted by Gasteiger charge is -2.20. The molecular formula is C22H33IN4O2. The number of benzene rings is 1. The van der Waals surface area contributed by atoms with Crippen molar-refractivity contribution in [2.75, 3.05) is 20.2 Å². The molecule has 0 fully saturated rings. The standard InChI is InChI=1S/C22H32N4O2.HI/c1-6-23-21(24-14-18-8-7-9-20(26-18)28-5)25-15-19(27)16-10-12-17(13-11-16)22(2,3)4;/h7-13,19,27H,6,14-15H2,1-5H3,(H2,23,24,25);1H. The number of nitrogens with one attached hydrogen (secondary N) is 2. The number of aromatic nitrogens is 1. The van der Waals surface area contributed by atoms with E-state index < -0.39 is 6.10 Å². The van der Waals surface area contributed by atoms with Crippen LogP contribution in [0.15, 0.2) is 47.5 Å². The molecule has 1 atom stereocenters. The summed E-state index contributed by atoms with van der Waals surface area (Å²) >= 11 is 0. The van der Waals surface area contributed by atoms with E-state index in [1.54, 1.807) is 13.2 Å². The number of rotatable bonds is 7. The number of aliphatic hydroxyl groups excluding tert-OH is 1. The number of halogens is 1. The SMILES string of the molecule is CCNC(=NCc1cccc(OC)n1)NCC(O)c1ccc(C(C)(C)C)cc1.I. The molecule has 2 rings (SSSR count). The predicted molar refractivity (Wildman–Crippen MR) is 129 cm³/mol. The molecule has 0 aliphatic rings. The predicted octanol–water partition coefficient (Wildman–Crippen LogP) is 3.79. The molecule has 3 N–H and O–H groups in total. The summed E-state index contributed by atoms with van der Waals surface area (Å²) in [5.74, 6) is 1.21. The maximum Gasteiger partial charge on any atom is 0.213 e. The van der Waals surface area contributed by atoms with Gasteiger partial charge in [0.25, 0.3) is 0 Å². The third-order valence-corrected chi connectivity index (χ3v) is 4.36. The Balaban J connectivity index is 0.00000420. The molecule has 7 heteroatoms. The average Bonchev–Trinajstić information content (AvgIpc) is 2.69. The number of aliphatic hydroxyl groups is 1. The second-order valence-electron chi connectivity index (χ2n) is 7.64. The van der Waals surface area contributed by atoms with Crippen molar-refractivity contribution in [1.82, 2.24) is 15.6 Å². The van der Waals surface area contributed by atoms with Crippen molar-refractivity contribution in [2.45, 2.75) is 45.8 Å². The lowest BCUT2D eigenvalue weighted by Crippen LogP contribution is -2.39. The highest BCUT2D eigenvalue weighted by molar-refractivity contribution is 14.0. The van der Waals surface area contributed by atoms with Crippen molar-refractivity contribution in [3.05, 3.63) is 59.3 Å². The van der Waals surface area contributed by atoms with E-state index in [4.69, 9.17) is 4.74 Å². The van der Waals surface area contributed by atoms with Gasteiger partial charge in [0.1, 0.15) is 0 Å². The number of ether oxygens (including phenoxy) is 1. The van der Waals surface area contributed by atoms with Gasteiger partial charge in [-0.2, -0.15) is 0 Å². The number of aliphatic imine (C=N–C) groups is 1. The third-order valence-electron chi connectivity index (χ3n) is 4.36. The Morgan fingerprint density at radius 2 is 1.83 bits per heavy atom. The summed E-state index contributed by atoms with van der Waals surface area (Å²) < 4.78 is 5.14. The van der Waals surface area contributed by atoms with Crippen molar-refractivity contribution in [2.24, 2.45) is 4.99 Å². The summed E-state index contributed by atoms with van der Waals surface area (Å²) in [6.45, 7) is 10.1. The summed E-state index contributed by atoms with van der Waals surface area (Å²) in [4.78, 5) is 8.90. The first-order chi connectivity index (χ1) is 13.3. The highest BCUT2D eigenvalue weighted by Crippen LogP contribution is 2.23. The molecule has 0 saturated carbocycles. The van der Waals surface area contributed by atoms with Crippen molar-refractivity contribution < 1.29 is 9.84 Å². The third kappa shape index (κ3) is 8.18. The second-order valence-corrected chi connectivity index (χ2v) is 7.64. The first kappa shape index (κ1) is 25.2. The van der Waals surface area contributed by atoms with E-state index in [0.717, 1.165) is 17.8 Å². The lowest BCUT2D eigenvalue weighted by molar-refractivity contribution is 0.181. The van der Waals surface area contributed by atoms with E-state index in [9.17, 15) is 5.11 Å². The van der Waals surface area contributed by atoms with Gasteiger partial charge in [0.05, 0.1) is 25.5 Å². The van der Waals surface area contributed by atoms with Crippen LogP contribution in [-0.4, -0.2) is 36.2 Å². The Hall–Kier alpha value is -1.87. The van der Waals surface area contributed by atoms with Gasteiger partial charge in [-0.1, -0.05) is 51.1 Å². The maximum atomic E-state index is 10.5. The molecular weight excluding hydrogens is 479 g/mol. The molecule has 1 aromatic heterocycles. The van der Waals surface area contributed by atoms with Crippen LogP contribution in [0.4, 0.5) is 0 Å². The van der Waals surface area contributed by atoms with E-state index in [1.165, 1.54) is 5.56 Å². The van der Waals surface area contributed by atoms with Crippen molar-refractivity contribution in [1.29, 1.82) is 0 Å². The molecule has 1 aromatic carbocycles. The second kappa shape index (κ2) is 12.0. The maximum absolute atomic E-state index is 10.5. The zero-order valence-electron chi connectivity index (χ0n) is 17.9. The molecule has 0 saturated heterocycles. The monoisotopic (exact) mass is 512 g/mol. The van der Waals surface area contributed by atoms with Crippen LogP contribution in [-0.2, 0) is 12.0 Å². The summed E-state index contributed by atoms with van der Waals surface area (Å²) in [6.07, 6.45) is -0.618. The van der Waals surface area contributed by atoms with E-state index in [0.29, 0.717) is 24.9 Å². The molecule has 29 heavy (non-hydrogen) atoms. The van der Waals surface area contributed by atoms with Gasteiger partial charge in [0, 0.05) is 19.2 Å². The molecule has 0 aliphatic carbocycles. The fourth-order valence-electron chi connectivity index (χ4n) is 2.68. The highest BCUT2D eigenvalue weighted by Gasteiger charge is 2.15. The lowest BCUT2D eigenvalue weighted by atomic mass is 9.86. The molecule has 0 amide bonds. The van der Waals surface area contributed by atoms with Gasteiger partial charge in [-0.3, -0.25) is 0 Å². The minimum Gasteiger partial charge on any atom is -0.481 e. The normalized spacial score (nSPS) is 12.7. The number of nitrogens with zero attached hydrogens (tertiary/aromatic N) is 2. The molecule has 0 aliphatic heterocycles.